The Morgan fingerprint density at radius 2 is 2.08 bits per heavy atom. The molecule has 0 saturated heterocycles. The average molecular weight is 351 g/mol. The van der Waals surface area contributed by atoms with Crippen LogP contribution in [0.15, 0.2) is 56.9 Å². The lowest BCUT2D eigenvalue weighted by Gasteiger charge is -2.05. The predicted octanol–water partition coefficient (Wildman–Crippen LogP) is 3.01. The van der Waals surface area contributed by atoms with Gasteiger partial charge in [0, 0.05) is 23.2 Å². The number of pyridine rings is 1. The summed E-state index contributed by atoms with van der Waals surface area (Å²) in [6.07, 6.45) is 2.36. The number of hydrogen-bond acceptors (Lipinski definition) is 4. The highest BCUT2D eigenvalue weighted by Crippen LogP contribution is 2.27. The van der Waals surface area contributed by atoms with Crippen LogP contribution in [-0.2, 0) is 17.8 Å². The topological polar surface area (TPSA) is 76.6 Å². The zero-order valence-electron chi connectivity index (χ0n) is 15.1. The molecule has 0 unspecified atom stereocenters. The first-order valence-electron chi connectivity index (χ1n) is 8.50. The van der Waals surface area contributed by atoms with Gasteiger partial charge in [0.1, 0.15) is 17.8 Å². The fourth-order valence-corrected chi connectivity index (χ4v) is 2.88. The molecule has 0 saturated carbocycles. The van der Waals surface area contributed by atoms with Gasteiger partial charge in [-0.1, -0.05) is 24.6 Å². The molecule has 1 aromatic carbocycles. The molecule has 0 atom stereocenters. The molecule has 2 aromatic heterocycles. The summed E-state index contributed by atoms with van der Waals surface area (Å²) in [5.74, 6) is 0.299. The van der Waals surface area contributed by atoms with E-state index in [1.165, 1.54) is 10.6 Å². The van der Waals surface area contributed by atoms with Gasteiger partial charge < -0.3 is 8.98 Å². The van der Waals surface area contributed by atoms with Gasteiger partial charge in [-0.3, -0.25) is 9.59 Å². The predicted molar refractivity (Wildman–Crippen MR) is 101 cm³/mol. The zero-order chi connectivity index (χ0) is 18.7. The monoisotopic (exact) mass is 351 g/mol. The van der Waals surface area contributed by atoms with Crippen molar-refractivity contribution in [3.63, 3.8) is 0 Å². The van der Waals surface area contributed by atoms with Crippen molar-refractivity contribution in [3.8, 4) is 0 Å². The van der Waals surface area contributed by atoms with E-state index in [2.05, 4.69) is 23.5 Å². The third-order valence-electron chi connectivity index (χ3n) is 4.19. The van der Waals surface area contributed by atoms with E-state index in [9.17, 15) is 9.59 Å². The molecule has 6 nitrogen and oxygen atoms in total. The Kier molecular flexibility index (Phi) is 5.02. The Morgan fingerprint density at radius 3 is 2.81 bits per heavy atom. The molecule has 6 heteroatoms. The van der Waals surface area contributed by atoms with Crippen LogP contribution in [0.4, 0.5) is 0 Å². The van der Waals surface area contributed by atoms with Crippen LogP contribution >= 0.6 is 0 Å². The Morgan fingerprint density at radius 1 is 1.27 bits per heavy atom. The molecule has 0 aliphatic heterocycles. The third-order valence-corrected chi connectivity index (χ3v) is 4.19. The molecular formula is C20H21N3O3. The first kappa shape index (κ1) is 17.7. The second-order valence-electron chi connectivity index (χ2n) is 6.16. The minimum atomic E-state index is -0.373. The summed E-state index contributed by atoms with van der Waals surface area (Å²) < 4.78 is 7.26. The maximum atomic E-state index is 12.1. The average Bonchev–Trinajstić information content (AvgIpc) is 2.99. The number of furan rings is 1. The van der Waals surface area contributed by atoms with Gasteiger partial charge in [-0.25, -0.2) is 5.43 Å². The largest absolute Gasteiger partial charge is 0.454 e. The molecule has 0 radical (unpaired) electrons. The molecule has 134 valence electrons. The SMILES string of the molecule is CCc1c(/C(C)=N\NC(=O)Cn2ccccc2=O)oc2ccc(C)cc12. The smallest absolute Gasteiger partial charge is 0.260 e. The Hall–Kier alpha value is -3.15. The molecule has 0 bridgehead atoms. The number of nitrogens with zero attached hydrogens (tertiary/aromatic N) is 2. The van der Waals surface area contributed by atoms with Crippen LogP contribution in [0.1, 0.15) is 30.7 Å². The van der Waals surface area contributed by atoms with E-state index in [1.807, 2.05) is 19.1 Å². The molecule has 0 aliphatic rings. The Balaban J connectivity index is 1.81. The summed E-state index contributed by atoms with van der Waals surface area (Å²) in [5.41, 5.74) is 5.88. The van der Waals surface area contributed by atoms with Crippen molar-refractivity contribution in [2.24, 2.45) is 5.10 Å². The van der Waals surface area contributed by atoms with Crippen LogP contribution in [0.3, 0.4) is 0 Å². The quantitative estimate of drug-likeness (QED) is 0.567. The van der Waals surface area contributed by atoms with Crippen molar-refractivity contribution in [2.75, 3.05) is 0 Å². The number of hydrogen-bond donors (Lipinski definition) is 1. The number of carbonyl (C=O) groups excluding carboxylic acids is 1. The number of benzene rings is 1. The highest BCUT2D eigenvalue weighted by molar-refractivity contribution is 6.02. The van der Waals surface area contributed by atoms with Crippen molar-refractivity contribution >= 4 is 22.6 Å². The standard InChI is InChI=1S/C20H21N3O3/c1-4-15-16-11-13(2)8-9-17(16)26-20(15)14(3)21-22-18(24)12-23-10-6-5-7-19(23)25/h5-11H,4,12H2,1-3H3,(H,22,24)/b21-14-. The van der Waals surface area contributed by atoms with Gasteiger partial charge in [0.05, 0.1) is 0 Å². The van der Waals surface area contributed by atoms with Crippen molar-refractivity contribution in [2.45, 2.75) is 33.7 Å². The van der Waals surface area contributed by atoms with Gasteiger partial charge in [0.15, 0.2) is 5.76 Å². The van der Waals surface area contributed by atoms with Crippen LogP contribution in [0.25, 0.3) is 11.0 Å². The van der Waals surface area contributed by atoms with Gasteiger partial charge in [-0.2, -0.15) is 5.10 Å². The van der Waals surface area contributed by atoms with E-state index in [-0.39, 0.29) is 18.0 Å². The number of rotatable bonds is 5. The first-order chi connectivity index (χ1) is 12.5. The van der Waals surface area contributed by atoms with Crippen LogP contribution in [0, 0.1) is 6.92 Å². The van der Waals surface area contributed by atoms with Crippen LogP contribution in [0.5, 0.6) is 0 Å². The molecule has 0 spiro atoms. The molecule has 1 N–H and O–H groups in total. The Bertz CT molecular complexity index is 1040. The first-order valence-corrected chi connectivity index (χ1v) is 8.50. The van der Waals surface area contributed by atoms with E-state index >= 15 is 0 Å². The summed E-state index contributed by atoms with van der Waals surface area (Å²) in [4.78, 5) is 23.7. The van der Waals surface area contributed by atoms with E-state index < -0.39 is 0 Å². The number of carbonyl (C=O) groups is 1. The van der Waals surface area contributed by atoms with E-state index in [1.54, 1.807) is 25.3 Å². The van der Waals surface area contributed by atoms with E-state index in [4.69, 9.17) is 4.42 Å². The maximum Gasteiger partial charge on any atom is 0.260 e. The van der Waals surface area contributed by atoms with Crippen molar-refractivity contribution in [3.05, 3.63) is 69.8 Å². The molecule has 26 heavy (non-hydrogen) atoms. The summed E-state index contributed by atoms with van der Waals surface area (Å²) in [7, 11) is 0. The van der Waals surface area contributed by atoms with Gasteiger partial charge in [0.25, 0.3) is 11.5 Å². The highest BCUT2D eigenvalue weighted by Gasteiger charge is 2.15. The lowest BCUT2D eigenvalue weighted by molar-refractivity contribution is -0.121. The Labute approximate surface area is 151 Å². The van der Waals surface area contributed by atoms with Gasteiger partial charge in [-0.05, 0) is 38.5 Å². The van der Waals surface area contributed by atoms with Crippen molar-refractivity contribution in [1.29, 1.82) is 0 Å². The number of aromatic nitrogens is 1. The fraction of sp³-hybridized carbons (Fsp3) is 0.250. The second kappa shape index (κ2) is 7.39. The molecule has 3 rings (SSSR count). The number of aryl methyl sites for hydroxylation is 2. The second-order valence-corrected chi connectivity index (χ2v) is 6.16. The normalized spacial score (nSPS) is 11.7. The molecule has 3 aromatic rings. The van der Waals surface area contributed by atoms with Crippen molar-refractivity contribution in [1.82, 2.24) is 9.99 Å². The number of hydrazone groups is 1. The molecule has 0 fully saturated rings. The van der Waals surface area contributed by atoms with E-state index in [0.717, 1.165) is 28.5 Å². The molecular weight excluding hydrogens is 330 g/mol. The summed E-state index contributed by atoms with van der Waals surface area (Å²) >= 11 is 0. The maximum absolute atomic E-state index is 12.1. The van der Waals surface area contributed by atoms with Gasteiger partial charge >= 0.3 is 0 Å². The summed E-state index contributed by atoms with van der Waals surface area (Å²) in [6, 6.07) is 10.8. The summed E-state index contributed by atoms with van der Waals surface area (Å²) in [6.45, 7) is 5.80. The minimum absolute atomic E-state index is 0.0869. The fourth-order valence-electron chi connectivity index (χ4n) is 2.88. The lowest BCUT2D eigenvalue weighted by atomic mass is 10.0. The lowest BCUT2D eigenvalue weighted by Crippen LogP contribution is -2.29. The third kappa shape index (κ3) is 3.59. The van der Waals surface area contributed by atoms with Crippen LogP contribution in [-0.4, -0.2) is 16.2 Å². The number of amides is 1. The molecule has 2 heterocycles. The van der Waals surface area contributed by atoms with Crippen molar-refractivity contribution < 1.29 is 9.21 Å². The van der Waals surface area contributed by atoms with Crippen LogP contribution in [0.2, 0.25) is 0 Å². The van der Waals surface area contributed by atoms with E-state index in [0.29, 0.717) is 11.5 Å². The minimum Gasteiger partial charge on any atom is -0.454 e. The highest BCUT2D eigenvalue weighted by atomic mass is 16.3. The molecule has 1 amide bonds. The number of nitrogens with one attached hydrogen (secondary N) is 1. The zero-order valence-corrected chi connectivity index (χ0v) is 15.1. The molecule has 0 aliphatic carbocycles. The van der Waals surface area contributed by atoms with Gasteiger partial charge in [-0.15, -0.1) is 0 Å². The van der Waals surface area contributed by atoms with Crippen LogP contribution < -0.4 is 11.0 Å². The van der Waals surface area contributed by atoms with Gasteiger partial charge in [0.2, 0.25) is 0 Å². The summed E-state index contributed by atoms with van der Waals surface area (Å²) in [5, 5.41) is 5.22. The number of fused-ring (bicyclic) bond motifs is 1.